The van der Waals surface area contributed by atoms with Crippen LogP contribution in [0.1, 0.15) is 12.5 Å². The number of rotatable bonds is 9. The predicted molar refractivity (Wildman–Crippen MR) is 72.1 cm³/mol. The van der Waals surface area contributed by atoms with Crippen molar-refractivity contribution in [3.05, 3.63) is 35.9 Å². The molecular formula is C14H24N2O. The van der Waals surface area contributed by atoms with E-state index in [1.807, 2.05) is 25.2 Å². The van der Waals surface area contributed by atoms with Crippen molar-refractivity contribution in [3.63, 3.8) is 0 Å². The standard InChI is InChI=1S/C14H24N2O/c1-13(10-16-9-8-15-2)11-17-12-14-6-4-3-5-7-14/h3-7,13,15-16H,8-12H2,1-2H3. The highest BCUT2D eigenvalue weighted by atomic mass is 16.5. The molecule has 1 rings (SSSR count). The molecule has 1 atom stereocenters. The summed E-state index contributed by atoms with van der Waals surface area (Å²) >= 11 is 0. The van der Waals surface area contributed by atoms with Gasteiger partial charge in [0.25, 0.3) is 0 Å². The summed E-state index contributed by atoms with van der Waals surface area (Å²) in [5.41, 5.74) is 1.24. The Hall–Kier alpha value is -0.900. The van der Waals surface area contributed by atoms with Crippen LogP contribution in [0.4, 0.5) is 0 Å². The first-order valence-electron chi connectivity index (χ1n) is 6.30. The van der Waals surface area contributed by atoms with Crippen LogP contribution < -0.4 is 10.6 Å². The molecule has 0 radical (unpaired) electrons. The van der Waals surface area contributed by atoms with Gasteiger partial charge >= 0.3 is 0 Å². The van der Waals surface area contributed by atoms with E-state index in [9.17, 15) is 0 Å². The maximum Gasteiger partial charge on any atom is 0.0717 e. The molecule has 0 saturated heterocycles. The Morgan fingerprint density at radius 1 is 1.18 bits per heavy atom. The first-order chi connectivity index (χ1) is 8.33. The summed E-state index contributed by atoms with van der Waals surface area (Å²) in [5.74, 6) is 0.551. The fraction of sp³-hybridized carbons (Fsp3) is 0.571. The number of hydrogen-bond acceptors (Lipinski definition) is 3. The van der Waals surface area contributed by atoms with Crippen LogP contribution in [0.2, 0.25) is 0 Å². The van der Waals surface area contributed by atoms with Gasteiger partial charge in [0.2, 0.25) is 0 Å². The molecule has 0 heterocycles. The van der Waals surface area contributed by atoms with Gasteiger partial charge < -0.3 is 15.4 Å². The second-order valence-electron chi connectivity index (χ2n) is 4.41. The highest BCUT2D eigenvalue weighted by molar-refractivity contribution is 5.13. The Labute approximate surface area is 105 Å². The molecule has 0 saturated carbocycles. The molecule has 0 fully saturated rings. The molecule has 0 aromatic heterocycles. The van der Waals surface area contributed by atoms with E-state index >= 15 is 0 Å². The average molecular weight is 236 g/mol. The third-order valence-corrected chi connectivity index (χ3v) is 2.56. The van der Waals surface area contributed by atoms with E-state index in [1.54, 1.807) is 0 Å². The van der Waals surface area contributed by atoms with E-state index < -0.39 is 0 Å². The van der Waals surface area contributed by atoms with E-state index in [0.717, 1.165) is 26.2 Å². The van der Waals surface area contributed by atoms with Gasteiger partial charge in [0.15, 0.2) is 0 Å². The van der Waals surface area contributed by atoms with Crippen molar-refractivity contribution >= 4 is 0 Å². The minimum Gasteiger partial charge on any atom is -0.376 e. The van der Waals surface area contributed by atoms with Gasteiger partial charge in [0, 0.05) is 13.1 Å². The Morgan fingerprint density at radius 3 is 2.65 bits per heavy atom. The van der Waals surface area contributed by atoms with Crippen LogP contribution in [0.25, 0.3) is 0 Å². The van der Waals surface area contributed by atoms with Crippen LogP contribution in [0.15, 0.2) is 30.3 Å². The minimum atomic E-state index is 0.551. The first kappa shape index (κ1) is 14.2. The van der Waals surface area contributed by atoms with Gasteiger partial charge in [-0.2, -0.15) is 0 Å². The summed E-state index contributed by atoms with van der Waals surface area (Å²) in [6.45, 7) is 6.76. The normalized spacial score (nSPS) is 12.6. The van der Waals surface area contributed by atoms with Gasteiger partial charge in [0.05, 0.1) is 13.2 Å². The molecule has 1 unspecified atom stereocenters. The number of nitrogens with one attached hydrogen (secondary N) is 2. The van der Waals surface area contributed by atoms with Crippen LogP contribution in [0.5, 0.6) is 0 Å². The molecule has 17 heavy (non-hydrogen) atoms. The minimum absolute atomic E-state index is 0.551. The summed E-state index contributed by atoms with van der Waals surface area (Å²) in [6, 6.07) is 10.3. The number of hydrogen-bond donors (Lipinski definition) is 2. The molecular weight excluding hydrogens is 212 g/mol. The zero-order valence-corrected chi connectivity index (χ0v) is 10.9. The SMILES string of the molecule is CNCCNCC(C)COCc1ccccc1. The molecule has 0 bridgehead atoms. The topological polar surface area (TPSA) is 33.3 Å². The molecule has 0 aliphatic rings. The van der Waals surface area contributed by atoms with Gasteiger partial charge in [-0.15, -0.1) is 0 Å². The third kappa shape index (κ3) is 7.10. The van der Waals surface area contributed by atoms with Crippen LogP contribution in [-0.2, 0) is 11.3 Å². The lowest BCUT2D eigenvalue weighted by molar-refractivity contribution is 0.0919. The van der Waals surface area contributed by atoms with Crippen molar-refractivity contribution in [2.75, 3.05) is 33.3 Å². The Kier molecular flexibility index (Phi) is 7.63. The van der Waals surface area contributed by atoms with Gasteiger partial charge in [0.1, 0.15) is 0 Å². The van der Waals surface area contributed by atoms with E-state index in [1.165, 1.54) is 5.56 Å². The molecule has 2 N–H and O–H groups in total. The van der Waals surface area contributed by atoms with E-state index in [0.29, 0.717) is 12.5 Å². The fourth-order valence-corrected chi connectivity index (χ4v) is 1.57. The molecule has 0 aliphatic heterocycles. The Bertz CT molecular complexity index is 277. The maximum absolute atomic E-state index is 5.68. The van der Waals surface area contributed by atoms with Crippen molar-refractivity contribution in [1.82, 2.24) is 10.6 Å². The van der Waals surface area contributed by atoms with Crippen molar-refractivity contribution in [2.24, 2.45) is 5.92 Å². The quantitative estimate of drug-likeness (QED) is 0.640. The number of benzene rings is 1. The lowest BCUT2D eigenvalue weighted by atomic mass is 10.2. The average Bonchev–Trinajstić information content (AvgIpc) is 2.36. The summed E-state index contributed by atoms with van der Waals surface area (Å²) in [7, 11) is 1.97. The highest BCUT2D eigenvalue weighted by Gasteiger charge is 2.01. The molecule has 0 spiro atoms. The smallest absolute Gasteiger partial charge is 0.0717 e. The summed E-state index contributed by atoms with van der Waals surface area (Å²) in [6.07, 6.45) is 0. The van der Waals surface area contributed by atoms with Crippen LogP contribution in [0.3, 0.4) is 0 Å². The Balaban J connectivity index is 2.02. The highest BCUT2D eigenvalue weighted by Crippen LogP contribution is 2.02. The fourth-order valence-electron chi connectivity index (χ4n) is 1.57. The molecule has 96 valence electrons. The van der Waals surface area contributed by atoms with E-state index in [2.05, 4.69) is 29.7 Å². The lowest BCUT2D eigenvalue weighted by Crippen LogP contribution is -2.30. The molecule has 0 amide bonds. The van der Waals surface area contributed by atoms with Gasteiger partial charge in [-0.05, 0) is 25.1 Å². The molecule has 0 aliphatic carbocycles. The first-order valence-corrected chi connectivity index (χ1v) is 6.30. The van der Waals surface area contributed by atoms with Gasteiger partial charge in [-0.25, -0.2) is 0 Å². The largest absolute Gasteiger partial charge is 0.376 e. The van der Waals surface area contributed by atoms with Crippen molar-refractivity contribution in [2.45, 2.75) is 13.5 Å². The Morgan fingerprint density at radius 2 is 1.94 bits per heavy atom. The number of ether oxygens (including phenoxy) is 1. The predicted octanol–water partition coefficient (Wildman–Crippen LogP) is 1.65. The molecule has 3 heteroatoms. The summed E-state index contributed by atoms with van der Waals surface area (Å²) in [5, 5.41) is 6.50. The van der Waals surface area contributed by atoms with Crippen LogP contribution in [0, 0.1) is 5.92 Å². The van der Waals surface area contributed by atoms with Crippen LogP contribution in [-0.4, -0.2) is 33.3 Å². The zero-order chi connectivity index (χ0) is 12.3. The van der Waals surface area contributed by atoms with Crippen molar-refractivity contribution < 1.29 is 4.74 Å². The molecule has 1 aromatic carbocycles. The van der Waals surface area contributed by atoms with Gasteiger partial charge in [-0.1, -0.05) is 37.3 Å². The van der Waals surface area contributed by atoms with E-state index in [4.69, 9.17) is 4.74 Å². The maximum atomic E-state index is 5.68. The van der Waals surface area contributed by atoms with Crippen LogP contribution >= 0.6 is 0 Å². The monoisotopic (exact) mass is 236 g/mol. The van der Waals surface area contributed by atoms with E-state index in [-0.39, 0.29) is 0 Å². The number of likely N-dealkylation sites (N-methyl/N-ethyl adjacent to an activating group) is 1. The zero-order valence-electron chi connectivity index (χ0n) is 10.9. The van der Waals surface area contributed by atoms with Gasteiger partial charge in [-0.3, -0.25) is 0 Å². The van der Waals surface area contributed by atoms with Crippen molar-refractivity contribution in [1.29, 1.82) is 0 Å². The molecule has 3 nitrogen and oxygen atoms in total. The lowest BCUT2D eigenvalue weighted by Gasteiger charge is -2.13. The molecule has 1 aromatic rings. The summed E-state index contributed by atoms with van der Waals surface area (Å²) < 4.78 is 5.68. The third-order valence-electron chi connectivity index (χ3n) is 2.56. The second-order valence-corrected chi connectivity index (χ2v) is 4.41. The van der Waals surface area contributed by atoms with Crippen molar-refractivity contribution in [3.8, 4) is 0 Å². The summed E-state index contributed by atoms with van der Waals surface area (Å²) in [4.78, 5) is 0. The second kappa shape index (κ2) is 9.16.